The molecule has 136 valence electrons. The van der Waals surface area contributed by atoms with Crippen molar-refractivity contribution in [3.8, 4) is 0 Å². The summed E-state index contributed by atoms with van der Waals surface area (Å²) in [5.74, 6) is 0.321. The average Bonchev–Trinajstić information content (AvgIpc) is 2.51. The van der Waals surface area contributed by atoms with Gasteiger partial charge in [0.25, 0.3) is 0 Å². The number of nitrogens with one attached hydrogen (secondary N) is 1. The largest absolute Gasteiger partial charge is 0.416 e. The van der Waals surface area contributed by atoms with Crippen molar-refractivity contribution in [2.75, 3.05) is 19.8 Å². The third-order valence-electron chi connectivity index (χ3n) is 4.42. The average molecular weight is 345 g/mol. The Labute approximate surface area is 141 Å². The van der Waals surface area contributed by atoms with Gasteiger partial charge in [-0.25, -0.2) is 0 Å². The lowest BCUT2D eigenvalue weighted by atomic mass is 9.91. The molecule has 1 aromatic rings. The molecule has 24 heavy (non-hydrogen) atoms. The van der Waals surface area contributed by atoms with Gasteiger partial charge in [-0.05, 0) is 30.0 Å². The number of benzene rings is 1. The summed E-state index contributed by atoms with van der Waals surface area (Å²) in [5, 5.41) is 13.8. The van der Waals surface area contributed by atoms with Crippen molar-refractivity contribution in [1.29, 1.82) is 0 Å². The Bertz CT molecular complexity index is 525. The molecule has 1 aliphatic heterocycles. The van der Waals surface area contributed by atoms with Crippen LogP contribution in [0.5, 0.6) is 0 Å². The minimum absolute atomic E-state index is 0.223. The minimum Gasteiger partial charge on any atom is -0.388 e. The fourth-order valence-corrected chi connectivity index (χ4v) is 2.98. The molecule has 0 saturated carbocycles. The Morgan fingerprint density at radius 3 is 2.50 bits per heavy atom. The second-order valence-electron chi connectivity index (χ2n) is 7.02. The fourth-order valence-electron chi connectivity index (χ4n) is 2.98. The summed E-state index contributed by atoms with van der Waals surface area (Å²) in [6, 6.07) is 5.22. The van der Waals surface area contributed by atoms with Crippen LogP contribution in [0.4, 0.5) is 13.2 Å². The van der Waals surface area contributed by atoms with Crippen LogP contribution in [0.3, 0.4) is 0 Å². The van der Waals surface area contributed by atoms with E-state index in [0.717, 1.165) is 6.07 Å². The molecule has 0 radical (unpaired) electrons. The number of hydrogen-bond donors (Lipinski definition) is 2. The van der Waals surface area contributed by atoms with Gasteiger partial charge in [0.15, 0.2) is 0 Å². The Kier molecular flexibility index (Phi) is 6.28. The van der Waals surface area contributed by atoms with E-state index in [-0.39, 0.29) is 6.04 Å². The van der Waals surface area contributed by atoms with E-state index < -0.39 is 17.3 Å². The first-order chi connectivity index (χ1) is 11.2. The van der Waals surface area contributed by atoms with E-state index in [0.29, 0.717) is 50.5 Å². The summed E-state index contributed by atoms with van der Waals surface area (Å²) in [7, 11) is 0. The van der Waals surface area contributed by atoms with E-state index in [4.69, 9.17) is 4.74 Å². The molecule has 1 aromatic carbocycles. The van der Waals surface area contributed by atoms with Crippen LogP contribution in [0, 0.1) is 5.92 Å². The molecule has 3 nitrogen and oxygen atoms in total. The van der Waals surface area contributed by atoms with Gasteiger partial charge < -0.3 is 15.2 Å². The van der Waals surface area contributed by atoms with Crippen molar-refractivity contribution in [2.24, 2.45) is 5.92 Å². The van der Waals surface area contributed by atoms with E-state index in [1.807, 2.05) is 13.8 Å². The maximum Gasteiger partial charge on any atom is 0.416 e. The fraction of sp³-hybridized carbons (Fsp3) is 0.667. The van der Waals surface area contributed by atoms with Crippen LogP contribution in [0.15, 0.2) is 24.3 Å². The molecule has 1 heterocycles. The molecule has 0 amide bonds. The van der Waals surface area contributed by atoms with E-state index >= 15 is 0 Å². The van der Waals surface area contributed by atoms with Gasteiger partial charge in [-0.1, -0.05) is 26.0 Å². The number of alkyl halides is 3. The SMILES string of the molecule is CC(C)CC(NCC1(O)CCOCC1)c1cccc(C(F)(F)F)c1. The lowest BCUT2D eigenvalue weighted by molar-refractivity contribution is -0.137. The smallest absolute Gasteiger partial charge is 0.388 e. The van der Waals surface area contributed by atoms with Crippen LogP contribution in [-0.2, 0) is 10.9 Å². The van der Waals surface area contributed by atoms with Crippen LogP contribution < -0.4 is 5.32 Å². The predicted molar refractivity (Wildman–Crippen MR) is 86.6 cm³/mol. The standard InChI is InChI=1S/C18H26F3NO2/c1-13(2)10-16(22-12-17(23)6-8-24-9-7-17)14-4-3-5-15(11-14)18(19,20)21/h3-5,11,13,16,22-23H,6-10,12H2,1-2H3. The molecule has 1 unspecified atom stereocenters. The molecule has 1 aliphatic rings. The molecule has 0 aromatic heterocycles. The lowest BCUT2D eigenvalue weighted by Gasteiger charge is -2.34. The highest BCUT2D eigenvalue weighted by atomic mass is 19.4. The van der Waals surface area contributed by atoms with Gasteiger partial charge in [-0.2, -0.15) is 13.2 Å². The van der Waals surface area contributed by atoms with Crippen LogP contribution >= 0.6 is 0 Å². The third-order valence-corrected chi connectivity index (χ3v) is 4.42. The van der Waals surface area contributed by atoms with Crippen molar-refractivity contribution >= 4 is 0 Å². The molecule has 1 fully saturated rings. The van der Waals surface area contributed by atoms with Gasteiger partial charge in [0, 0.05) is 38.6 Å². The van der Waals surface area contributed by atoms with Gasteiger partial charge in [0.1, 0.15) is 0 Å². The normalized spacial score (nSPS) is 19.5. The Hall–Kier alpha value is -1.11. The van der Waals surface area contributed by atoms with Gasteiger partial charge in [-0.15, -0.1) is 0 Å². The molecular formula is C18H26F3NO2. The molecular weight excluding hydrogens is 319 g/mol. The number of aliphatic hydroxyl groups is 1. The zero-order valence-electron chi connectivity index (χ0n) is 14.2. The van der Waals surface area contributed by atoms with E-state index in [9.17, 15) is 18.3 Å². The van der Waals surface area contributed by atoms with Gasteiger partial charge in [0.05, 0.1) is 11.2 Å². The Morgan fingerprint density at radius 2 is 1.92 bits per heavy atom. The summed E-state index contributed by atoms with van der Waals surface area (Å²) < 4.78 is 44.1. The number of hydrogen-bond acceptors (Lipinski definition) is 3. The monoisotopic (exact) mass is 345 g/mol. The molecule has 1 atom stereocenters. The molecule has 0 spiro atoms. The van der Waals surface area contributed by atoms with E-state index in [1.165, 1.54) is 12.1 Å². The Balaban J connectivity index is 2.13. The maximum atomic E-state index is 13.0. The highest BCUT2D eigenvalue weighted by molar-refractivity contribution is 5.28. The summed E-state index contributed by atoms with van der Waals surface area (Å²) in [5.41, 5.74) is -0.885. The van der Waals surface area contributed by atoms with Gasteiger partial charge >= 0.3 is 6.18 Å². The molecule has 2 N–H and O–H groups in total. The molecule has 6 heteroatoms. The summed E-state index contributed by atoms with van der Waals surface area (Å²) in [6.45, 7) is 5.44. The first-order valence-corrected chi connectivity index (χ1v) is 8.40. The van der Waals surface area contributed by atoms with Crippen LogP contribution in [0.25, 0.3) is 0 Å². The van der Waals surface area contributed by atoms with Crippen molar-refractivity contribution in [3.63, 3.8) is 0 Å². The summed E-state index contributed by atoms with van der Waals surface area (Å²) >= 11 is 0. The van der Waals surface area contributed by atoms with Crippen LogP contribution in [0.1, 0.15) is 50.3 Å². The zero-order chi connectivity index (χ0) is 17.8. The molecule has 0 aliphatic carbocycles. The lowest BCUT2D eigenvalue weighted by Crippen LogP contribution is -2.46. The van der Waals surface area contributed by atoms with Gasteiger partial charge in [-0.3, -0.25) is 0 Å². The van der Waals surface area contributed by atoms with Crippen molar-refractivity contribution < 1.29 is 23.0 Å². The number of rotatable bonds is 6. The van der Waals surface area contributed by atoms with E-state index in [2.05, 4.69) is 5.32 Å². The van der Waals surface area contributed by atoms with E-state index in [1.54, 1.807) is 6.07 Å². The number of halogens is 3. The summed E-state index contributed by atoms with van der Waals surface area (Å²) in [6.07, 6.45) is -2.57. The summed E-state index contributed by atoms with van der Waals surface area (Å²) in [4.78, 5) is 0. The second-order valence-corrected chi connectivity index (χ2v) is 7.02. The van der Waals surface area contributed by atoms with Crippen molar-refractivity contribution in [2.45, 2.75) is 50.9 Å². The highest BCUT2D eigenvalue weighted by Gasteiger charge is 2.32. The first kappa shape index (κ1) is 19.2. The molecule has 0 bridgehead atoms. The topological polar surface area (TPSA) is 41.5 Å². The zero-order valence-corrected chi connectivity index (χ0v) is 14.2. The van der Waals surface area contributed by atoms with Crippen LogP contribution in [-0.4, -0.2) is 30.5 Å². The highest BCUT2D eigenvalue weighted by Crippen LogP contribution is 2.32. The van der Waals surface area contributed by atoms with Crippen molar-refractivity contribution in [1.82, 2.24) is 5.32 Å². The number of ether oxygens (including phenoxy) is 1. The van der Waals surface area contributed by atoms with Crippen molar-refractivity contribution in [3.05, 3.63) is 35.4 Å². The molecule has 2 rings (SSSR count). The quantitative estimate of drug-likeness (QED) is 0.821. The molecule has 1 saturated heterocycles. The predicted octanol–water partition coefficient (Wildman–Crippen LogP) is 3.92. The second kappa shape index (κ2) is 7.85. The maximum absolute atomic E-state index is 13.0. The van der Waals surface area contributed by atoms with Gasteiger partial charge in [0.2, 0.25) is 0 Å². The van der Waals surface area contributed by atoms with Crippen LogP contribution in [0.2, 0.25) is 0 Å². The first-order valence-electron chi connectivity index (χ1n) is 8.40. The minimum atomic E-state index is -4.35. The Morgan fingerprint density at radius 1 is 1.25 bits per heavy atom. The third kappa shape index (κ3) is 5.46.